The van der Waals surface area contributed by atoms with Gasteiger partial charge in [-0.25, -0.2) is 4.79 Å². The molecule has 2 aromatic rings. The number of ether oxygens (including phenoxy) is 1. The fourth-order valence-corrected chi connectivity index (χ4v) is 4.39. The van der Waals surface area contributed by atoms with Gasteiger partial charge in [0.2, 0.25) is 17.7 Å². The lowest BCUT2D eigenvalue weighted by Gasteiger charge is -2.29. The molecule has 3 N–H and O–H groups in total. The molecule has 0 bridgehead atoms. The van der Waals surface area contributed by atoms with E-state index in [1.54, 1.807) is 42.5 Å². The van der Waals surface area contributed by atoms with Crippen LogP contribution in [0.1, 0.15) is 61.0 Å². The van der Waals surface area contributed by atoms with E-state index < -0.39 is 29.5 Å². The van der Waals surface area contributed by atoms with Gasteiger partial charge in [-0.05, 0) is 56.5 Å². The van der Waals surface area contributed by atoms with Crippen LogP contribution in [0.25, 0.3) is 0 Å². The average molecular weight is 507 g/mol. The van der Waals surface area contributed by atoms with E-state index in [-0.39, 0.29) is 43.7 Å². The Bertz CT molecular complexity index is 1240. The minimum Gasteiger partial charge on any atom is -0.448 e. The highest BCUT2D eigenvalue weighted by Crippen LogP contribution is 2.30. The predicted molar refractivity (Wildman–Crippen MR) is 135 cm³/mol. The van der Waals surface area contributed by atoms with Gasteiger partial charge in [-0.15, -0.1) is 0 Å². The summed E-state index contributed by atoms with van der Waals surface area (Å²) in [5.41, 5.74) is 1.80. The van der Waals surface area contributed by atoms with Crippen molar-refractivity contribution in [2.24, 2.45) is 0 Å². The Labute approximate surface area is 214 Å². The Balaban J connectivity index is 1.47. The summed E-state index contributed by atoms with van der Waals surface area (Å²) < 4.78 is 5.36. The molecule has 2 unspecified atom stereocenters. The molecule has 0 aliphatic carbocycles. The van der Waals surface area contributed by atoms with Crippen LogP contribution in [0.15, 0.2) is 48.5 Å². The van der Waals surface area contributed by atoms with Crippen LogP contribution in [0, 0.1) is 0 Å². The number of imide groups is 1. The van der Waals surface area contributed by atoms with Gasteiger partial charge in [-0.2, -0.15) is 0 Å². The third-order valence-corrected chi connectivity index (χ3v) is 6.17. The Kier molecular flexibility index (Phi) is 7.28. The van der Waals surface area contributed by atoms with Crippen molar-refractivity contribution in [2.75, 3.05) is 11.9 Å². The average Bonchev–Trinajstić information content (AvgIpc) is 3.14. The quantitative estimate of drug-likeness (QED) is 0.516. The summed E-state index contributed by atoms with van der Waals surface area (Å²) in [5.74, 6) is -2.25. The summed E-state index contributed by atoms with van der Waals surface area (Å²) >= 11 is 0. The lowest BCUT2D eigenvalue weighted by atomic mass is 9.99. The minimum atomic E-state index is -0.762. The van der Waals surface area contributed by atoms with Gasteiger partial charge >= 0.3 is 6.09 Å². The van der Waals surface area contributed by atoms with Crippen molar-refractivity contribution in [3.8, 4) is 0 Å². The zero-order chi connectivity index (χ0) is 26.7. The number of fused-ring (bicyclic) bond motifs is 1. The number of nitrogens with zero attached hydrogens (tertiary/aromatic N) is 1. The Morgan fingerprint density at radius 1 is 1.11 bits per heavy atom. The van der Waals surface area contributed by atoms with Gasteiger partial charge in [0.15, 0.2) is 0 Å². The zero-order valence-corrected chi connectivity index (χ0v) is 21.0. The number of carbonyl (C=O) groups excluding carboxylic acids is 5. The van der Waals surface area contributed by atoms with Crippen molar-refractivity contribution in [2.45, 2.75) is 57.7 Å². The number of rotatable bonds is 6. The summed E-state index contributed by atoms with van der Waals surface area (Å²) in [4.78, 5) is 63.6. The largest absolute Gasteiger partial charge is 0.448 e. The van der Waals surface area contributed by atoms with Gasteiger partial charge in [0, 0.05) is 29.8 Å². The molecule has 1 saturated heterocycles. The van der Waals surface area contributed by atoms with E-state index in [1.165, 1.54) is 4.90 Å². The topological polar surface area (TPSA) is 134 Å². The van der Waals surface area contributed by atoms with Gasteiger partial charge in [0.1, 0.15) is 12.6 Å². The second-order valence-electron chi connectivity index (χ2n) is 10.2. The van der Waals surface area contributed by atoms with Crippen LogP contribution in [0.5, 0.6) is 0 Å². The molecule has 0 radical (unpaired) electrons. The van der Waals surface area contributed by atoms with Gasteiger partial charge in [-0.3, -0.25) is 24.5 Å². The number of benzene rings is 2. The molecule has 2 atom stereocenters. The number of hydrogen-bond acceptors (Lipinski definition) is 6. The highest BCUT2D eigenvalue weighted by molar-refractivity contribution is 6.06. The Morgan fingerprint density at radius 3 is 2.51 bits per heavy atom. The van der Waals surface area contributed by atoms with E-state index in [4.69, 9.17) is 4.74 Å². The van der Waals surface area contributed by atoms with E-state index in [9.17, 15) is 24.0 Å². The number of hydrogen-bond donors (Lipinski definition) is 3. The molecule has 2 aliphatic heterocycles. The van der Waals surface area contributed by atoms with Crippen LogP contribution in [-0.4, -0.2) is 52.8 Å². The fraction of sp³-hybridized carbons (Fsp3) is 0.370. The Hall–Kier alpha value is -4.21. The first-order valence-electron chi connectivity index (χ1n) is 12.1. The van der Waals surface area contributed by atoms with Gasteiger partial charge in [-0.1, -0.05) is 30.3 Å². The van der Waals surface area contributed by atoms with E-state index >= 15 is 0 Å². The second kappa shape index (κ2) is 10.4. The maximum absolute atomic E-state index is 13.3. The molecule has 10 nitrogen and oxygen atoms in total. The predicted octanol–water partition coefficient (Wildman–Crippen LogP) is 2.69. The first-order valence-corrected chi connectivity index (χ1v) is 12.1. The number of carbonyl (C=O) groups is 5. The fourth-order valence-electron chi connectivity index (χ4n) is 4.39. The molecule has 37 heavy (non-hydrogen) atoms. The number of anilines is 1. The SMILES string of the molecule is CC(C)(C)NC(=O)OCC(C(=O)Nc1ccc2c(c1)CN(C1CCC(=O)NC1=O)C2=O)c1ccccc1. The van der Waals surface area contributed by atoms with Crippen molar-refractivity contribution in [3.05, 3.63) is 65.2 Å². The number of amides is 5. The number of nitrogens with one attached hydrogen (secondary N) is 3. The lowest BCUT2D eigenvalue weighted by molar-refractivity contribution is -0.137. The third-order valence-electron chi connectivity index (χ3n) is 6.17. The van der Waals surface area contributed by atoms with Gasteiger partial charge < -0.3 is 20.3 Å². The maximum atomic E-state index is 13.3. The molecular formula is C27H30N4O6. The van der Waals surface area contributed by atoms with Crippen molar-refractivity contribution in [3.63, 3.8) is 0 Å². The summed E-state index contributed by atoms with van der Waals surface area (Å²) in [7, 11) is 0. The molecule has 4 rings (SSSR count). The van der Waals surface area contributed by atoms with Crippen molar-refractivity contribution in [1.29, 1.82) is 0 Å². The highest BCUT2D eigenvalue weighted by atomic mass is 16.5. The molecule has 2 aliphatic rings. The molecule has 2 heterocycles. The molecule has 5 amide bonds. The molecule has 194 valence electrons. The lowest BCUT2D eigenvalue weighted by Crippen LogP contribution is -2.52. The zero-order valence-electron chi connectivity index (χ0n) is 21.0. The van der Waals surface area contributed by atoms with Gasteiger partial charge in [0.25, 0.3) is 5.91 Å². The summed E-state index contributed by atoms with van der Waals surface area (Å²) in [5, 5.41) is 7.85. The number of piperidine rings is 1. The Morgan fingerprint density at radius 2 is 1.84 bits per heavy atom. The molecule has 10 heteroatoms. The summed E-state index contributed by atoms with van der Waals surface area (Å²) in [6.45, 7) is 5.52. The third kappa shape index (κ3) is 6.14. The van der Waals surface area contributed by atoms with E-state index in [2.05, 4.69) is 16.0 Å². The molecule has 2 aromatic carbocycles. The molecule has 0 aromatic heterocycles. The first kappa shape index (κ1) is 25.9. The van der Waals surface area contributed by atoms with Crippen LogP contribution < -0.4 is 16.0 Å². The van der Waals surface area contributed by atoms with Crippen LogP contribution >= 0.6 is 0 Å². The maximum Gasteiger partial charge on any atom is 0.407 e. The van der Waals surface area contributed by atoms with E-state index in [0.29, 0.717) is 22.4 Å². The van der Waals surface area contributed by atoms with Crippen molar-refractivity contribution < 1.29 is 28.7 Å². The minimum absolute atomic E-state index is 0.162. The van der Waals surface area contributed by atoms with Crippen LogP contribution in [0.4, 0.5) is 10.5 Å². The van der Waals surface area contributed by atoms with Crippen molar-refractivity contribution in [1.82, 2.24) is 15.5 Å². The summed E-state index contributed by atoms with van der Waals surface area (Å²) in [6, 6.07) is 13.2. The smallest absolute Gasteiger partial charge is 0.407 e. The van der Waals surface area contributed by atoms with Gasteiger partial charge in [0.05, 0.1) is 5.92 Å². The normalized spacial score (nSPS) is 18.1. The van der Waals surface area contributed by atoms with Crippen molar-refractivity contribution >= 4 is 35.4 Å². The van der Waals surface area contributed by atoms with Crippen LogP contribution in [0.2, 0.25) is 0 Å². The highest BCUT2D eigenvalue weighted by Gasteiger charge is 2.39. The first-order chi connectivity index (χ1) is 17.5. The van der Waals surface area contributed by atoms with E-state index in [0.717, 1.165) is 0 Å². The molecule has 0 spiro atoms. The monoisotopic (exact) mass is 506 g/mol. The molecule has 1 fully saturated rings. The second-order valence-corrected chi connectivity index (χ2v) is 10.2. The van der Waals surface area contributed by atoms with Crippen LogP contribution in [-0.2, 0) is 25.7 Å². The number of alkyl carbamates (subject to hydrolysis) is 1. The van der Waals surface area contributed by atoms with E-state index in [1.807, 2.05) is 26.8 Å². The van der Waals surface area contributed by atoms with Crippen LogP contribution in [0.3, 0.4) is 0 Å². The summed E-state index contributed by atoms with van der Waals surface area (Å²) in [6.07, 6.45) is -0.171. The molecule has 0 saturated carbocycles. The molecular weight excluding hydrogens is 476 g/mol. The standard InChI is InChI=1S/C27H30N4O6/c1-27(2,3)30-26(36)37-15-20(16-7-5-4-6-8-16)23(33)28-18-9-10-19-17(13-18)14-31(25(19)35)21-11-12-22(32)29-24(21)34/h4-10,13,20-21H,11-12,14-15H2,1-3H3,(H,28,33)(H,30,36)(H,29,32,34).